The summed E-state index contributed by atoms with van der Waals surface area (Å²) in [5, 5.41) is 11.4. The second kappa shape index (κ2) is 10.2. The minimum Gasteiger partial charge on any atom is -0.512 e. The van der Waals surface area contributed by atoms with Crippen molar-refractivity contribution in [3.63, 3.8) is 0 Å². The lowest BCUT2D eigenvalue weighted by molar-refractivity contribution is -0.154. The zero-order valence-corrected chi connectivity index (χ0v) is 22.9. The standard InChI is InChI=1S/C30H48O4/c1-9-10-11-12-15-29(5,6)22-17-24(31)26(25(18-22)33-8)30(7)21-14-13-20(23(30)16-21)19-34-27(32)28(2,3)4/h13,17-18,21,23,25-26,31H,9-12,14-16,19H2,1-8H3/t21?,23-,25?,26?,30+/m1/s1. The fraction of sp³-hybridized carbons (Fsp3) is 0.767. The van der Waals surface area contributed by atoms with Gasteiger partial charge in [0.25, 0.3) is 0 Å². The van der Waals surface area contributed by atoms with Crippen LogP contribution >= 0.6 is 0 Å². The van der Waals surface area contributed by atoms with Crippen molar-refractivity contribution >= 4 is 5.97 Å². The Hall–Kier alpha value is -1.55. The third-order valence-electron chi connectivity index (χ3n) is 8.92. The Morgan fingerprint density at radius 2 is 1.88 bits per heavy atom. The third-order valence-corrected chi connectivity index (χ3v) is 8.92. The number of esters is 1. The minimum absolute atomic E-state index is 0.00603. The van der Waals surface area contributed by atoms with Gasteiger partial charge in [-0.05, 0) is 79.9 Å². The largest absolute Gasteiger partial charge is 0.512 e. The quantitative estimate of drug-likeness (QED) is 0.202. The maximum absolute atomic E-state index is 12.4. The molecule has 0 spiro atoms. The fourth-order valence-electron chi connectivity index (χ4n) is 6.42. The molecular formula is C30H48O4. The lowest BCUT2D eigenvalue weighted by atomic mass is 9.42. The number of ether oxygens (including phenoxy) is 2. The molecule has 0 aromatic rings. The number of aliphatic hydroxyl groups is 1. The SMILES string of the molecule is CCCCCCC(C)(C)C1=CC(OC)C([C@@]2(C)C3CC=C(COC(=O)C(C)(C)C)[C@H]2C3)C(O)=C1. The first-order chi connectivity index (χ1) is 15.9. The Bertz CT molecular complexity index is 840. The fourth-order valence-corrected chi connectivity index (χ4v) is 6.42. The molecule has 0 heterocycles. The summed E-state index contributed by atoms with van der Waals surface area (Å²) in [5.74, 6) is 1.02. The van der Waals surface area contributed by atoms with Crippen LogP contribution in [0.4, 0.5) is 0 Å². The number of methoxy groups -OCH3 is 1. The minimum atomic E-state index is -0.503. The van der Waals surface area contributed by atoms with E-state index in [-0.39, 0.29) is 28.8 Å². The molecule has 4 nitrogen and oxygen atoms in total. The third kappa shape index (κ3) is 5.17. The molecule has 5 atom stereocenters. The van der Waals surface area contributed by atoms with Gasteiger partial charge in [0.05, 0.1) is 23.2 Å². The van der Waals surface area contributed by atoms with Gasteiger partial charge in [-0.2, -0.15) is 0 Å². The van der Waals surface area contributed by atoms with Crippen LogP contribution in [0.1, 0.15) is 93.4 Å². The van der Waals surface area contributed by atoms with Gasteiger partial charge in [0.2, 0.25) is 0 Å². The first kappa shape index (κ1) is 27.0. The molecule has 0 saturated heterocycles. The normalized spacial score (nSPS) is 31.2. The highest BCUT2D eigenvalue weighted by Crippen LogP contribution is 2.65. The van der Waals surface area contributed by atoms with Crippen LogP contribution in [0.2, 0.25) is 0 Å². The van der Waals surface area contributed by atoms with Crippen molar-refractivity contribution in [1.82, 2.24) is 0 Å². The van der Waals surface area contributed by atoms with Crippen molar-refractivity contribution in [2.75, 3.05) is 13.7 Å². The van der Waals surface area contributed by atoms with E-state index < -0.39 is 5.41 Å². The molecule has 192 valence electrons. The summed E-state index contributed by atoms with van der Waals surface area (Å²) in [6.45, 7) is 15.1. The summed E-state index contributed by atoms with van der Waals surface area (Å²) in [6, 6.07) is 0. The van der Waals surface area contributed by atoms with Crippen LogP contribution in [0.25, 0.3) is 0 Å². The molecule has 3 rings (SSSR count). The molecule has 4 heteroatoms. The highest BCUT2D eigenvalue weighted by Gasteiger charge is 2.61. The number of aliphatic hydroxyl groups excluding tert-OH is 1. The smallest absolute Gasteiger partial charge is 0.311 e. The van der Waals surface area contributed by atoms with Crippen LogP contribution in [-0.2, 0) is 14.3 Å². The topological polar surface area (TPSA) is 55.8 Å². The predicted octanol–water partition coefficient (Wildman–Crippen LogP) is 7.56. The highest BCUT2D eigenvalue weighted by atomic mass is 16.5. The molecule has 3 unspecified atom stereocenters. The van der Waals surface area contributed by atoms with Crippen molar-refractivity contribution in [3.8, 4) is 0 Å². The predicted molar refractivity (Wildman–Crippen MR) is 138 cm³/mol. The molecule has 0 aromatic carbocycles. The number of allylic oxidation sites excluding steroid dienone is 3. The Morgan fingerprint density at radius 3 is 2.47 bits per heavy atom. The molecule has 2 bridgehead atoms. The molecule has 34 heavy (non-hydrogen) atoms. The van der Waals surface area contributed by atoms with E-state index in [0.29, 0.717) is 24.2 Å². The zero-order chi connectivity index (χ0) is 25.3. The second-order valence-electron chi connectivity index (χ2n) is 12.8. The summed E-state index contributed by atoms with van der Waals surface area (Å²) < 4.78 is 11.7. The molecule has 3 aliphatic rings. The first-order valence-electron chi connectivity index (χ1n) is 13.4. The maximum atomic E-state index is 12.4. The number of carbonyl (C=O) groups is 1. The van der Waals surface area contributed by atoms with E-state index in [4.69, 9.17) is 9.47 Å². The molecule has 0 amide bonds. The van der Waals surface area contributed by atoms with Gasteiger partial charge in [-0.3, -0.25) is 4.79 Å². The van der Waals surface area contributed by atoms with Gasteiger partial charge in [-0.25, -0.2) is 0 Å². The summed E-state index contributed by atoms with van der Waals surface area (Å²) >= 11 is 0. The van der Waals surface area contributed by atoms with Gasteiger partial charge in [-0.1, -0.05) is 65.5 Å². The second-order valence-corrected chi connectivity index (χ2v) is 12.8. The molecule has 0 aliphatic heterocycles. The molecule has 1 fully saturated rings. The van der Waals surface area contributed by atoms with Crippen LogP contribution in [0.15, 0.2) is 35.1 Å². The number of hydrogen-bond acceptors (Lipinski definition) is 4. The summed E-state index contributed by atoms with van der Waals surface area (Å²) in [4.78, 5) is 12.4. The molecule has 1 N–H and O–H groups in total. The van der Waals surface area contributed by atoms with Gasteiger partial charge < -0.3 is 14.6 Å². The van der Waals surface area contributed by atoms with Crippen LogP contribution in [0.5, 0.6) is 0 Å². The van der Waals surface area contributed by atoms with E-state index in [1.54, 1.807) is 7.11 Å². The lowest BCUT2D eigenvalue weighted by Gasteiger charge is -2.62. The van der Waals surface area contributed by atoms with Crippen molar-refractivity contribution in [3.05, 3.63) is 35.1 Å². The van der Waals surface area contributed by atoms with Crippen LogP contribution in [-0.4, -0.2) is 30.9 Å². The number of hydrogen-bond donors (Lipinski definition) is 1. The summed E-state index contributed by atoms with van der Waals surface area (Å²) in [5.41, 5.74) is 1.79. The van der Waals surface area contributed by atoms with Gasteiger partial charge in [0.1, 0.15) is 6.61 Å². The number of carbonyl (C=O) groups excluding carboxylic acids is 1. The van der Waals surface area contributed by atoms with Gasteiger partial charge in [-0.15, -0.1) is 0 Å². The zero-order valence-electron chi connectivity index (χ0n) is 22.9. The van der Waals surface area contributed by atoms with Gasteiger partial charge in [0.15, 0.2) is 0 Å². The molecule has 3 aliphatic carbocycles. The summed E-state index contributed by atoms with van der Waals surface area (Å²) in [6.07, 6.45) is 14.6. The Morgan fingerprint density at radius 1 is 1.18 bits per heavy atom. The average molecular weight is 473 g/mol. The van der Waals surface area contributed by atoms with Gasteiger partial charge in [0, 0.05) is 7.11 Å². The lowest BCUT2D eigenvalue weighted by Crippen LogP contribution is -2.58. The first-order valence-corrected chi connectivity index (χ1v) is 13.4. The molecule has 0 aromatic heterocycles. The van der Waals surface area contributed by atoms with E-state index in [1.165, 1.54) is 36.8 Å². The van der Waals surface area contributed by atoms with Crippen LogP contribution < -0.4 is 0 Å². The van der Waals surface area contributed by atoms with E-state index in [1.807, 2.05) is 26.8 Å². The van der Waals surface area contributed by atoms with E-state index in [0.717, 1.165) is 19.3 Å². The molecule has 1 saturated carbocycles. The van der Waals surface area contributed by atoms with Crippen molar-refractivity contribution < 1.29 is 19.4 Å². The number of rotatable bonds is 10. The van der Waals surface area contributed by atoms with Gasteiger partial charge >= 0.3 is 5.97 Å². The van der Waals surface area contributed by atoms with Crippen molar-refractivity contribution in [1.29, 1.82) is 0 Å². The van der Waals surface area contributed by atoms with Crippen molar-refractivity contribution in [2.45, 2.75) is 99.5 Å². The highest BCUT2D eigenvalue weighted by molar-refractivity contribution is 5.75. The van der Waals surface area contributed by atoms with Crippen molar-refractivity contribution in [2.24, 2.45) is 34.0 Å². The van der Waals surface area contributed by atoms with E-state index in [9.17, 15) is 9.90 Å². The summed E-state index contributed by atoms with van der Waals surface area (Å²) in [7, 11) is 1.76. The molecular weight excluding hydrogens is 424 g/mol. The molecule has 0 radical (unpaired) electrons. The van der Waals surface area contributed by atoms with E-state index in [2.05, 4.69) is 39.8 Å². The number of fused-ring (bicyclic) bond motifs is 2. The Balaban J connectivity index is 1.76. The van der Waals surface area contributed by atoms with Crippen LogP contribution in [0.3, 0.4) is 0 Å². The number of unbranched alkanes of at least 4 members (excludes halogenated alkanes) is 3. The Labute approximate surface area is 207 Å². The Kier molecular flexibility index (Phi) is 8.12. The van der Waals surface area contributed by atoms with Crippen LogP contribution in [0, 0.1) is 34.0 Å². The maximum Gasteiger partial charge on any atom is 0.311 e. The average Bonchev–Trinajstić information content (AvgIpc) is 2.78. The van der Waals surface area contributed by atoms with E-state index >= 15 is 0 Å². The monoisotopic (exact) mass is 472 g/mol.